The van der Waals surface area contributed by atoms with E-state index in [-0.39, 0.29) is 24.4 Å². The highest BCUT2D eigenvalue weighted by molar-refractivity contribution is 6.30. The van der Waals surface area contributed by atoms with Crippen molar-refractivity contribution in [2.45, 2.75) is 19.4 Å². The molecule has 2 aliphatic heterocycles. The van der Waals surface area contributed by atoms with Gasteiger partial charge in [0.15, 0.2) is 0 Å². The second-order valence-corrected chi connectivity index (χ2v) is 7.19. The van der Waals surface area contributed by atoms with Crippen molar-refractivity contribution in [3.05, 3.63) is 69.7 Å². The van der Waals surface area contributed by atoms with Crippen LogP contribution in [0.5, 0.6) is 0 Å². The van der Waals surface area contributed by atoms with Gasteiger partial charge in [-0.05, 0) is 48.7 Å². The fourth-order valence-electron chi connectivity index (χ4n) is 3.81. The van der Waals surface area contributed by atoms with Gasteiger partial charge in [0.25, 0.3) is 5.91 Å². The van der Waals surface area contributed by atoms with E-state index in [0.717, 1.165) is 17.5 Å². The average Bonchev–Trinajstić information content (AvgIpc) is 2.61. The van der Waals surface area contributed by atoms with Crippen LogP contribution in [0.3, 0.4) is 0 Å². The normalized spacial score (nSPS) is 19.4. The predicted molar refractivity (Wildman–Crippen MR) is 96.7 cm³/mol. The van der Waals surface area contributed by atoms with Gasteiger partial charge >= 0.3 is 0 Å². The number of hydrogen-bond donors (Lipinski definition) is 0. The number of hydrogen-bond acceptors (Lipinski definition) is 2. The minimum atomic E-state index is -0.113. The van der Waals surface area contributed by atoms with Crippen molar-refractivity contribution in [3.63, 3.8) is 0 Å². The zero-order chi connectivity index (χ0) is 17.6. The van der Waals surface area contributed by atoms with Gasteiger partial charge in [-0.15, -0.1) is 0 Å². The standard InChI is InChI=1S/C20H19ClN2O2/c1-13-3-2-4-15(9-13)20(25)22-11-18-17-10-16(21)6-5-14(17)7-8-23(18)19(24)12-22/h2-6,9-10,18H,7-8,11-12H2,1H3. The number of nitrogens with zero attached hydrogens (tertiary/aromatic N) is 2. The molecule has 2 aliphatic rings. The van der Waals surface area contributed by atoms with Gasteiger partial charge in [0.2, 0.25) is 5.91 Å². The predicted octanol–water partition coefficient (Wildman–Crippen LogP) is 3.23. The van der Waals surface area contributed by atoms with E-state index in [1.165, 1.54) is 5.56 Å². The lowest BCUT2D eigenvalue weighted by Gasteiger charge is -2.44. The van der Waals surface area contributed by atoms with E-state index in [4.69, 9.17) is 11.6 Å². The Kier molecular flexibility index (Phi) is 4.00. The molecule has 5 heteroatoms. The molecular weight excluding hydrogens is 336 g/mol. The SMILES string of the molecule is Cc1cccc(C(=O)N2CC(=O)N3CCc4ccc(Cl)cc4C3C2)c1. The van der Waals surface area contributed by atoms with Crippen LogP contribution in [0.2, 0.25) is 5.02 Å². The number of carbonyl (C=O) groups is 2. The highest BCUT2D eigenvalue weighted by Gasteiger charge is 2.38. The lowest BCUT2D eigenvalue weighted by molar-refractivity contribution is -0.139. The summed E-state index contributed by atoms with van der Waals surface area (Å²) in [7, 11) is 0. The van der Waals surface area contributed by atoms with Gasteiger partial charge in [-0.25, -0.2) is 0 Å². The van der Waals surface area contributed by atoms with Crippen molar-refractivity contribution in [2.24, 2.45) is 0 Å². The van der Waals surface area contributed by atoms with E-state index in [0.29, 0.717) is 23.7 Å². The number of fused-ring (bicyclic) bond motifs is 3. The third kappa shape index (κ3) is 2.91. The molecule has 2 amide bonds. The fraction of sp³-hybridized carbons (Fsp3) is 0.300. The molecule has 0 radical (unpaired) electrons. The van der Waals surface area contributed by atoms with E-state index < -0.39 is 0 Å². The molecule has 0 spiro atoms. The molecule has 1 saturated heterocycles. The van der Waals surface area contributed by atoms with Gasteiger partial charge in [-0.2, -0.15) is 0 Å². The molecular formula is C20H19ClN2O2. The minimum absolute atomic E-state index is 0.00267. The van der Waals surface area contributed by atoms with Gasteiger partial charge in [0.05, 0.1) is 6.04 Å². The van der Waals surface area contributed by atoms with Crippen molar-refractivity contribution in [1.29, 1.82) is 0 Å². The molecule has 4 rings (SSSR count). The third-order valence-electron chi connectivity index (χ3n) is 5.06. The molecule has 2 aromatic carbocycles. The Morgan fingerprint density at radius 1 is 1.20 bits per heavy atom. The summed E-state index contributed by atoms with van der Waals surface area (Å²) in [5, 5.41) is 0.662. The zero-order valence-corrected chi connectivity index (χ0v) is 14.8. The number of rotatable bonds is 1. The van der Waals surface area contributed by atoms with Crippen molar-refractivity contribution < 1.29 is 9.59 Å². The van der Waals surface area contributed by atoms with Crippen LogP contribution < -0.4 is 0 Å². The Morgan fingerprint density at radius 2 is 2.04 bits per heavy atom. The van der Waals surface area contributed by atoms with Gasteiger partial charge in [0, 0.05) is 23.7 Å². The van der Waals surface area contributed by atoms with E-state index in [1.54, 1.807) is 11.0 Å². The largest absolute Gasteiger partial charge is 0.332 e. The second kappa shape index (κ2) is 6.19. The summed E-state index contributed by atoms with van der Waals surface area (Å²) < 4.78 is 0. The molecule has 0 aliphatic carbocycles. The lowest BCUT2D eigenvalue weighted by Crippen LogP contribution is -2.55. The van der Waals surface area contributed by atoms with Crippen LogP contribution in [0.15, 0.2) is 42.5 Å². The van der Waals surface area contributed by atoms with Crippen LogP contribution >= 0.6 is 11.6 Å². The van der Waals surface area contributed by atoms with Crippen molar-refractivity contribution >= 4 is 23.4 Å². The summed E-state index contributed by atoms with van der Waals surface area (Å²) in [4.78, 5) is 29.1. The summed E-state index contributed by atoms with van der Waals surface area (Å²) in [6.07, 6.45) is 0.834. The van der Waals surface area contributed by atoms with Crippen LogP contribution in [0, 0.1) is 6.92 Å². The molecule has 25 heavy (non-hydrogen) atoms. The van der Waals surface area contributed by atoms with Gasteiger partial charge in [-0.3, -0.25) is 9.59 Å². The van der Waals surface area contributed by atoms with Gasteiger partial charge < -0.3 is 9.80 Å². The molecule has 128 valence electrons. The monoisotopic (exact) mass is 354 g/mol. The number of benzene rings is 2. The molecule has 1 unspecified atom stereocenters. The first kappa shape index (κ1) is 16.2. The summed E-state index contributed by atoms with van der Waals surface area (Å²) in [5.41, 5.74) is 3.94. The number of amides is 2. The minimum Gasteiger partial charge on any atom is -0.332 e. The van der Waals surface area contributed by atoms with Crippen LogP contribution in [-0.4, -0.2) is 41.2 Å². The highest BCUT2D eigenvalue weighted by Crippen LogP contribution is 2.35. The maximum absolute atomic E-state index is 12.9. The molecule has 4 nitrogen and oxygen atoms in total. The molecule has 1 fully saturated rings. The Morgan fingerprint density at radius 3 is 2.84 bits per heavy atom. The number of piperazine rings is 1. The molecule has 1 atom stereocenters. The lowest BCUT2D eigenvalue weighted by atomic mass is 9.90. The first-order chi connectivity index (χ1) is 12.0. The van der Waals surface area contributed by atoms with Crippen molar-refractivity contribution in [1.82, 2.24) is 9.80 Å². The Labute approximate surface area is 152 Å². The number of halogens is 1. The Hall–Kier alpha value is -2.33. The molecule has 2 aromatic rings. The fourth-order valence-corrected chi connectivity index (χ4v) is 3.99. The first-order valence-electron chi connectivity index (χ1n) is 8.46. The van der Waals surface area contributed by atoms with E-state index in [9.17, 15) is 9.59 Å². The molecule has 0 N–H and O–H groups in total. The Balaban J connectivity index is 1.66. The quantitative estimate of drug-likeness (QED) is 0.789. The van der Waals surface area contributed by atoms with E-state index >= 15 is 0 Å². The number of aryl methyl sites for hydroxylation is 1. The smallest absolute Gasteiger partial charge is 0.254 e. The van der Waals surface area contributed by atoms with Crippen molar-refractivity contribution in [3.8, 4) is 0 Å². The van der Waals surface area contributed by atoms with Crippen LogP contribution in [0.25, 0.3) is 0 Å². The van der Waals surface area contributed by atoms with Crippen LogP contribution in [-0.2, 0) is 11.2 Å². The summed E-state index contributed by atoms with van der Waals surface area (Å²) in [5.74, 6) is -0.0891. The topological polar surface area (TPSA) is 40.6 Å². The molecule has 0 saturated carbocycles. The molecule has 2 heterocycles. The maximum Gasteiger partial charge on any atom is 0.254 e. The van der Waals surface area contributed by atoms with Crippen LogP contribution in [0.4, 0.5) is 0 Å². The number of carbonyl (C=O) groups excluding carboxylic acids is 2. The van der Waals surface area contributed by atoms with E-state index in [2.05, 4.69) is 0 Å². The molecule has 0 aromatic heterocycles. The van der Waals surface area contributed by atoms with Gasteiger partial charge in [-0.1, -0.05) is 35.4 Å². The van der Waals surface area contributed by atoms with Crippen molar-refractivity contribution in [2.75, 3.05) is 19.6 Å². The second-order valence-electron chi connectivity index (χ2n) is 6.75. The third-order valence-corrected chi connectivity index (χ3v) is 5.29. The first-order valence-corrected chi connectivity index (χ1v) is 8.84. The zero-order valence-electron chi connectivity index (χ0n) is 14.0. The molecule has 0 bridgehead atoms. The summed E-state index contributed by atoms with van der Waals surface area (Å²) >= 11 is 6.17. The highest BCUT2D eigenvalue weighted by atomic mass is 35.5. The summed E-state index contributed by atoms with van der Waals surface area (Å²) in [6, 6.07) is 13.2. The Bertz CT molecular complexity index is 865. The maximum atomic E-state index is 12.9. The van der Waals surface area contributed by atoms with Gasteiger partial charge in [0.1, 0.15) is 6.54 Å². The summed E-state index contributed by atoms with van der Waals surface area (Å²) in [6.45, 7) is 3.30. The van der Waals surface area contributed by atoms with Crippen LogP contribution in [0.1, 0.15) is 33.1 Å². The average molecular weight is 355 g/mol. The van der Waals surface area contributed by atoms with E-state index in [1.807, 2.05) is 48.2 Å².